The lowest BCUT2D eigenvalue weighted by atomic mass is 10.1. The predicted molar refractivity (Wildman–Crippen MR) is 64.6 cm³/mol. The number of nitrogens with one attached hydrogen (secondary N) is 1. The summed E-state index contributed by atoms with van der Waals surface area (Å²) in [4.78, 5) is 0. The van der Waals surface area contributed by atoms with Crippen LogP contribution in [0.3, 0.4) is 0 Å². The highest BCUT2D eigenvalue weighted by molar-refractivity contribution is 6.32. The zero-order chi connectivity index (χ0) is 11.5. The Kier molecular flexibility index (Phi) is 3.56. The first-order valence-corrected chi connectivity index (χ1v) is 5.84. The quantitative estimate of drug-likeness (QED) is 0.863. The highest BCUT2D eigenvalue weighted by Crippen LogP contribution is 2.41. The summed E-state index contributed by atoms with van der Waals surface area (Å²) in [5.74, 6) is 1.49. The van der Waals surface area contributed by atoms with Crippen molar-refractivity contribution in [3.63, 3.8) is 0 Å². The molecule has 0 radical (unpaired) electrons. The van der Waals surface area contributed by atoms with Gasteiger partial charge in [0.25, 0.3) is 0 Å². The molecule has 16 heavy (non-hydrogen) atoms. The number of benzene rings is 1. The molecule has 1 aliphatic rings. The second kappa shape index (κ2) is 4.93. The molecule has 4 heteroatoms. The van der Waals surface area contributed by atoms with Crippen LogP contribution >= 0.6 is 11.6 Å². The van der Waals surface area contributed by atoms with E-state index in [-0.39, 0.29) is 0 Å². The summed E-state index contributed by atoms with van der Waals surface area (Å²) in [5.41, 5.74) is 2.26. The Balaban J connectivity index is 2.47. The summed E-state index contributed by atoms with van der Waals surface area (Å²) >= 11 is 6.19. The average molecular weight is 242 g/mol. The van der Waals surface area contributed by atoms with Gasteiger partial charge in [0.15, 0.2) is 11.5 Å². The van der Waals surface area contributed by atoms with Crippen molar-refractivity contribution >= 4 is 11.6 Å². The van der Waals surface area contributed by atoms with Crippen LogP contribution in [0.1, 0.15) is 17.5 Å². The summed E-state index contributed by atoms with van der Waals surface area (Å²) in [6.07, 6.45) is 0.895. The number of hydrogen-bond donors (Lipinski definition) is 1. The van der Waals surface area contributed by atoms with Crippen molar-refractivity contribution in [1.82, 2.24) is 5.32 Å². The van der Waals surface area contributed by atoms with Gasteiger partial charge in [0.2, 0.25) is 0 Å². The number of halogens is 1. The lowest BCUT2D eigenvalue weighted by Crippen LogP contribution is -2.08. The molecule has 0 atom stereocenters. The van der Waals surface area contributed by atoms with Crippen LogP contribution in [-0.4, -0.2) is 20.3 Å². The van der Waals surface area contributed by atoms with E-state index in [2.05, 4.69) is 5.32 Å². The molecule has 1 aromatic rings. The molecule has 3 nitrogen and oxygen atoms in total. The Morgan fingerprint density at radius 2 is 2.00 bits per heavy atom. The van der Waals surface area contributed by atoms with Gasteiger partial charge in [-0.05, 0) is 31.2 Å². The summed E-state index contributed by atoms with van der Waals surface area (Å²) in [6.45, 7) is 4.17. The molecular weight excluding hydrogens is 226 g/mol. The molecule has 0 fully saturated rings. The van der Waals surface area contributed by atoms with Gasteiger partial charge in [-0.3, -0.25) is 0 Å². The lowest BCUT2D eigenvalue weighted by molar-refractivity contribution is 0.296. The molecule has 0 saturated carbocycles. The minimum absolute atomic E-state index is 0.632. The van der Waals surface area contributed by atoms with Crippen molar-refractivity contribution in [2.24, 2.45) is 0 Å². The monoisotopic (exact) mass is 241 g/mol. The van der Waals surface area contributed by atoms with Crippen molar-refractivity contribution in [3.8, 4) is 11.5 Å². The molecule has 0 saturated heterocycles. The van der Waals surface area contributed by atoms with Crippen molar-refractivity contribution in [1.29, 1.82) is 0 Å². The molecular formula is C12H16ClNO2. The van der Waals surface area contributed by atoms with Crippen molar-refractivity contribution in [2.45, 2.75) is 19.9 Å². The van der Waals surface area contributed by atoms with E-state index in [4.69, 9.17) is 21.1 Å². The topological polar surface area (TPSA) is 30.5 Å². The first-order valence-electron chi connectivity index (χ1n) is 5.46. The van der Waals surface area contributed by atoms with E-state index >= 15 is 0 Å². The first kappa shape index (κ1) is 11.6. The number of hydrogen-bond acceptors (Lipinski definition) is 3. The van der Waals surface area contributed by atoms with Gasteiger partial charge in [-0.25, -0.2) is 0 Å². The molecule has 1 heterocycles. The van der Waals surface area contributed by atoms with E-state index in [1.54, 1.807) is 0 Å². The van der Waals surface area contributed by atoms with Gasteiger partial charge in [0.05, 0.1) is 18.2 Å². The SMILES string of the molecule is CNCc1cc(Cl)c2c(c1C)OCCCO2. The standard InChI is InChI=1S/C12H16ClNO2/c1-8-9(7-14-2)6-10(13)12-11(8)15-4-3-5-16-12/h6,14H,3-5,7H2,1-2H3. The number of ether oxygens (including phenoxy) is 2. The molecule has 0 unspecified atom stereocenters. The minimum Gasteiger partial charge on any atom is -0.489 e. The molecule has 1 aliphatic heterocycles. The van der Waals surface area contributed by atoms with Crippen molar-refractivity contribution in [3.05, 3.63) is 22.2 Å². The zero-order valence-electron chi connectivity index (χ0n) is 9.60. The Hall–Kier alpha value is -0.930. The zero-order valence-corrected chi connectivity index (χ0v) is 10.4. The molecule has 0 bridgehead atoms. The van der Waals surface area contributed by atoms with E-state index in [9.17, 15) is 0 Å². The summed E-state index contributed by atoms with van der Waals surface area (Å²) in [5, 5.41) is 3.75. The van der Waals surface area contributed by atoms with Crippen molar-refractivity contribution in [2.75, 3.05) is 20.3 Å². The second-order valence-corrected chi connectivity index (χ2v) is 4.29. The third-order valence-corrected chi connectivity index (χ3v) is 2.98. The van der Waals surface area contributed by atoms with E-state index in [1.807, 2.05) is 20.0 Å². The van der Waals surface area contributed by atoms with E-state index < -0.39 is 0 Å². The molecule has 2 rings (SSSR count). The maximum atomic E-state index is 6.19. The van der Waals surface area contributed by atoms with Crippen LogP contribution < -0.4 is 14.8 Å². The van der Waals surface area contributed by atoms with Gasteiger partial charge in [-0.1, -0.05) is 11.6 Å². The predicted octanol–water partition coefficient (Wildman–Crippen LogP) is 2.53. The third-order valence-electron chi connectivity index (χ3n) is 2.70. The van der Waals surface area contributed by atoms with Gasteiger partial charge in [-0.2, -0.15) is 0 Å². The molecule has 1 aromatic carbocycles. The fourth-order valence-corrected chi connectivity index (χ4v) is 2.11. The molecule has 0 amide bonds. The second-order valence-electron chi connectivity index (χ2n) is 3.88. The van der Waals surface area contributed by atoms with Crippen LogP contribution in [0.25, 0.3) is 0 Å². The Labute approximate surface area is 101 Å². The van der Waals surface area contributed by atoms with Gasteiger partial charge in [0.1, 0.15) is 0 Å². The molecule has 0 aromatic heterocycles. The molecule has 0 aliphatic carbocycles. The van der Waals surface area contributed by atoms with Crippen LogP contribution in [-0.2, 0) is 6.54 Å². The highest BCUT2D eigenvalue weighted by atomic mass is 35.5. The van der Waals surface area contributed by atoms with E-state index in [1.165, 1.54) is 0 Å². The van der Waals surface area contributed by atoms with Gasteiger partial charge in [-0.15, -0.1) is 0 Å². The number of rotatable bonds is 2. The van der Waals surface area contributed by atoms with Crippen LogP contribution in [0.5, 0.6) is 11.5 Å². The Bertz CT molecular complexity index is 393. The largest absolute Gasteiger partial charge is 0.489 e. The first-order chi connectivity index (χ1) is 7.74. The van der Waals surface area contributed by atoms with Crippen LogP contribution in [0.15, 0.2) is 6.07 Å². The third kappa shape index (κ3) is 2.11. The van der Waals surface area contributed by atoms with Crippen molar-refractivity contribution < 1.29 is 9.47 Å². The Morgan fingerprint density at radius 3 is 2.69 bits per heavy atom. The van der Waals surface area contributed by atoms with Crippen LogP contribution in [0.2, 0.25) is 5.02 Å². The summed E-state index contributed by atoms with van der Waals surface area (Å²) < 4.78 is 11.3. The number of fused-ring (bicyclic) bond motifs is 1. The lowest BCUT2D eigenvalue weighted by Gasteiger charge is -2.15. The highest BCUT2D eigenvalue weighted by Gasteiger charge is 2.19. The molecule has 1 N–H and O–H groups in total. The fraction of sp³-hybridized carbons (Fsp3) is 0.500. The average Bonchev–Trinajstić information content (AvgIpc) is 2.51. The minimum atomic E-state index is 0.632. The fourth-order valence-electron chi connectivity index (χ4n) is 1.84. The maximum absolute atomic E-state index is 6.19. The normalized spacial score (nSPS) is 14.7. The molecule has 88 valence electrons. The maximum Gasteiger partial charge on any atom is 0.180 e. The van der Waals surface area contributed by atoms with Gasteiger partial charge < -0.3 is 14.8 Å². The van der Waals surface area contributed by atoms with E-state index in [0.717, 1.165) is 29.8 Å². The summed E-state index contributed by atoms with van der Waals surface area (Å²) in [6, 6.07) is 1.95. The van der Waals surface area contributed by atoms with Crippen LogP contribution in [0, 0.1) is 6.92 Å². The van der Waals surface area contributed by atoms with Gasteiger partial charge >= 0.3 is 0 Å². The van der Waals surface area contributed by atoms with Crippen LogP contribution in [0.4, 0.5) is 0 Å². The summed E-state index contributed by atoms with van der Waals surface area (Å²) in [7, 11) is 1.91. The van der Waals surface area contributed by atoms with Gasteiger partial charge in [0, 0.05) is 13.0 Å². The smallest absolute Gasteiger partial charge is 0.180 e. The molecule has 0 spiro atoms. The Morgan fingerprint density at radius 1 is 1.31 bits per heavy atom. The van der Waals surface area contributed by atoms with E-state index in [0.29, 0.717) is 24.0 Å².